The molecule has 0 aromatic carbocycles. The van der Waals surface area contributed by atoms with E-state index in [1.165, 1.54) is 32.1 Å². The zero-order chi connectivity index (χ0) is 13.8. The Hall–Kier alpha value is -1.42. The van der Waals surface area contributed by atoms with Gasteiger partial charge in [-0.15, -0.1) is 10.2 Å². The van der Waals surface area contributed by atoms with Crippen LogP contribution < -0.4 is 5.32 Å². The Labute approximate surface area is 125 Å². The summed E-state index contributed by atoms with van der Waals surface area (Å²) in [6.07, 6.45) is 9.39. The van der Waals surface area contributed by atoms with Crippen LogP contribution in [0.1, 0.15) is 37.9 Å². The third kappa shape index (κ3) is 1.78. The van der Waals surface area contributed by atoms with E-state index in [0.29, 0.717) is 6.04 Å². The van der Waals surface area contributed by atoms with E-state index in [4.69, 9.17) is 0 Å². The van der Waals surface area contributed by atoms with Crippen LogP contribution in [0.3, 0.4) is 0 Å². The van der Waals surface area contributed by atoms with E-state index in [0.717, 1.165) is 41.7 Å². The Bertz CT molecular complexity index is 664. The number of nitrogens with one attached hydrogen (secondary N) is 1. The number of hydrogen-bond donors (Lipinski definition) is 1. The molecule has 2 bridgehead atoms. The van der Waals surface area contributed by atoms with Crippen LogP contribution in [0.25, 0.3) is 5.65 Å². The maximum absolute atomic E-state index is 4.34. The van der Waals surface area contributed by atoms with E-state index in [1.54, 1.807) is 0 Å². The van der Waals surface area contributed by atoms with E-state index in [9.17, 15) is 0 Å². The molecule has 3 fully saturated rings. The van der Waals surface area contributed by atoms with Crippen molar-refractivity contribution in [2.24, 2.45) is 23.7 Å². The molecule has 3 aliphatic carbocycles. The zero-order valence-electron chi connectivity index (χ0n) is 12.3. The second kappa shape index (κ2) is 4.54. The fraction of sp³-hybridized carbons (Fsp3) is 0.647. The van der Waals surface area contributed by atoms with Gasteiger partial charge in [0, 0.05) is 12.2 Å². The first-order valence-corrected chi connectivity index (χ1v) is 8.42. The highest BCUT2D eigenvalue weighted by Crippen LogP contribution is 2.58. The zero-order valence-corrected chi connectivity index (χ0v) is 12.3. The Morgan fingerprint density at radius 1 is 1.10 bits per heavy atom. The summed E-state index contributed by atoms with van der Waals surface area (Å²) < 4.78 is 2.10. The van der Waals surface area contributed by atoms with Crippen molar-refractivity contribution in [1.29, 1.82) is 0 Å². The standard InChI is InChI=1S/C17H22N4/c1-2-7-21-16(6-1)19-20-17(21)10-18-15-9-11-8-14(15)13-5-3-4-12(11)13/h1-2,6-7,11-15,18H,3-5,8-10H2/t11-,12-,13+,14+,15+/m1/s1. The Kier molecular flexibility index (Phi) is 2.63. The van der Waals surface area contributed by atoms with Crippen LogP contribution in [-0.2, 0) is 6.54 Å². The van der Waals surface area contributed by atoms with Gasteiger partial charge in [-0.25, -0.2) is 0 Å². The fourth-order valence-corrected chi connectivity index (χ4v) is 5.54. The van der Waals surface area contributed by atoms with Crippen molar-refractivity contribution in [3.8, 4) is 0 Å². The average molecular weight is 282 g/mol. The minimum absolute atomic E-state index is 0.713. The van der Waals surface area contributed by atoms with Crippen molar-refractivity contribution < 1.29 is 0 Å². The van der Waals surface area contributed by atoms with Crippen molar-refractivity contribution >= 4 is 5.65 Å². The molecular formula is C17H22N4. The van der Waals surface area contributed by atoms with Crippen molar-refractivity contribution in [3.63, 3.8) is 0 Å². The molecule has 3 aliphatic rings. The smallest absolute Gasteiger partial charge is 0.160 e. The summed E-state index contributed by atoms with van der Waals surface area (Å²) in [6.45, 7) is 0.844. The van der Waals surface area contributed by atoms with E-state index < -0.39 is 0 Å². The molecule has 0 spiro atoms. The van der Waals surface area contributed by atoms with Crippen LogP contribution in [0.4, 0.5) is 0 Å². The Balaban J connectivity index is 1.31. The van der Waals surface area contributed by atoms with Gasteiger partial charge in [-0.3, -0.25) is 4.40 Å². The number of pyridine rings is 1. The van der Waals surface area contributed by atoms with Crippen LogP contribution in [0.2, 0.25) is 0 Å². The quantitative estimate of drug-likeness (QED) is 0.941. The summed E-state index contributed by atoms with van der Waals surface area (Å²) in [5.41, 5.74) is 0.943. The van der Waals surface area contributed by atoms with Crippen molar-refractivity contribution in [1.82, 2.24) is 19.9 Å². The maximum atomic E-state index is 4.34. The first-order chi connectivity index (χ1) is 10.4. The molecule has 2 aromatic rings. The van der Waals surface area contributed by atoms with Gasteiger partial charge in [0.15, 0.2) is 11.5 Å². The van der Waals surface area contributed by atoms with Gasteiger partial charge in [0.05, 0.1) is 6.54 Å². The van der Waals surface area contributed by atoms with E-state index in [1.807, 2.05) is 18.2 Å². The van der Waals surface area contributed by atoms with Crippen LogP contribution >= 0.6 is 0 Å². The SMILES string of the molecule is c1ccn2c(CN[C@H]3C[C@H]4C[C@H]3[C@H]3CCC[C@H]43)nnc2c1. The predicted molar refractivity (Wildman–Crippen MR) is 80.7 cm³/mol. The highest BCUT2D eigenvalue weighted by Gasteiger charge is 2.53. The summed E-state index contributed by atoms with van der Waals surface area (Å²) in [5.74, 6) is 5.08. The molecule has 5 rings (SSSR count). The molecule has 2 heterocycles. The molecule has 4 nitrogen and oxygen atoms in total. The molecule has 0 saturated heterocycles. The summed E-state index contributed by atoms with van der Waals surface area (Å²) in [5, 5.41) is 12.4. The number of rotatable bonds is 3. The Morgan fingerprint density at radius 3 is 3.05 bits per heavy atom. The van der Waals surface area contributed by atoms with Crippen LogP contribution in [-0.4, -0.2) is 20.6 Å². The fourth-order valence-electron chi connectivity index (χ4n) is 5.54. The largest absolute Gasteiger partial charge is 0.307 e. The lowest BCUT2D eigenvalue weighted by atomic mass is 9.79. The summed E-state index contributed by atoms with van der Waals surface area (Å²) >= 11 is 0. The van der Waals surface area contributed by atoms with Gasteiger partial charge in [0.2, 0.25) is 0 Å². The number of fused-ring (bicyclic) bond motifs is 6. The molecular weight excluding hydrogens is 260 g/mol. The second-order valence-corrected chi connectivity index (χ2v) is 7.19. The number of hydrogen-bond acceptors (Lipinski definition) is 3. The molecule has 0 unspecified atom stereocenters. The molecule has 1 N–H and O–H groups in total. The van der Waals surface area contributed by atoms with Gasteiger partial charge >= 0.3 is 0 Å². The van der Waals surface area contributed by atoms with Gasteiger partial charge in [-0.05, 0) is 61.5 Å². The second-order valence-electron chi connectivity index (χ2n) is 7.19. The van der Waals surface area contributed by atoms with Crippen LogP contribution in [0.5, 0.6) is 0 Å². The van der Waals surface area contributed by atoms with Gasteiger partial charge in [0.1, 0.15) is 0 Å². The molecule has 3 saturated carbocycles. The third-order valence-corrected chi connectivity index (χ3v) is 6.34. The monoisotopic (exact) mass is 282 g/mol. The maximum Gasteiger partial charge on any atom is 0.160 e. The lowest BCUT2D eigenvalue weighted by Crippen LogP contribution is -2.39. The molecule has 21 heavy (non-hydrogen) atoms. The molecule has 2 aromatic heterocycles. The first kappa shape index (κ1) is 12.2. The molecule has 0 aliphatic heterocycles. The summed E-state index contributed by atoms with van der Waals surface area (Å²) in [4.78, 5) is 0. The normalized spacial score (nSPS) is 37.4. The minimum Gasteiger partial charge on any atom is -0.307 e. The lowest BCUT2D eigenvalue weighted by Gasteiger charge is -2.32. The molecule has 4 heteroatoms. The van der Waals surface area contributed by atoms with Crippen LogP contribution in [0, 0.1) is 23.7 Å². The molecule has 110 valence electrons. The van der Waals surface area contributed by atoms with Gasteiger partial charge in [0.25, 0.3) is 0 Å². The summed E-state index contributed by atoms with van der Waals surface area (Å²) in [7, 11) is 0. The highest BCUT2D eigenvalue weighted by molar-refractivity contribution is 5.36. The number of nitrogens with zero attached hydrogens (tertiary/aromatic N) is 3. The van der Waals surface area contributed by atoms with E-state index in [2.05, 4.69) is 26.1 Å². The third-order valence-electron chi connectivity index (χ3n) is 6.34. The highest BCUT2D eigenvalue weighted by atomic mass is 15.3. The lowest BCUT2D eigenvalue weighted by molar-refractivity contribution is 0.207. The van der Waals surface area contributed by atoms with Crippen LogP contribution in [0.15, 0.2) is 24.4 Å². The van der Waals surface area contributed by atoms with E-state index >= 15 is 0 Å². The molecule has 0 amide bonds. The topological polar surface area (TPSA) is 42.2 Å². The van der Waals surface area contributed by atoms with Gasteiger partial charge in [-0.2, -0.15) is 0 Å². The van der Waals surface area contributed by atoms with Crippen molar-refractivity contribution in [3.05, 3.63) is 30.2 Å². The molecule has 0 radical (unpaired) electrons. The first-order valence-electron chi connectivity index (χ1n) is 8.42. The minimum atomic E-state index is 0.713. The Morgan fingerprint density at radius 2 is 2.05 bits per heavy atom. The number of aromatic nitrogens is 3. The van der Waals surface area contributed by atoms with Gasteiger partial charge in [-0.1, -0.05) is 12.5 Å². The van der Waals surface area contributed by atoms with Gasteiger partial charge < -0.3 is 5.32 Å². The van der Waals surface area contributed by atoms with Crippen molar-refractivity contribution in [2.75, 3.05) is 0 Å². The predicted octanol–water partition coefficient (Wildman–Crippen LogP) is 2.64. The molecule has 5 atom stereocenters. The average Bonchev–Trinajstić information content (AvgIpc) is 3.25. The summed E-state index contributed by atoms with van der Waals surface area (Å²) in [6, 6.07) is 6.78. The van der Waals surface area contributed by atoms with E-state index in [-0.39, 0.29) is 0 Å². The van der Waals surface area contributed by atoms with Crippen molar-refractivity contribution in [2.45, 2.75) is 44.7 Å².